The van der Waals surface area contributed by atoms with Crippen LogP contribution in [0, 0.1) is 10.1 Å². The quantitative estimate of drug-likeness (QED) is 0.240. The second-order valence-corrected chi connectivity index (χ2v) is 11.8. The summed E-state index contributed by atoms with van der Waals surface area (Å²) in [5.41, 5.74) is -0.0831. The molecule has 0 radical (unpaired) electrons. The lowest BCUT2D eigenvalue weighted by atomic mass is 10.1. The zero-order chi connectivity index (χ0) is 29.6. The number of nitrogens with one attached hydrogen (secondary N) is 1. The molecule has 212 valence electrons. The number of nitrogens with zero attached hydrogens (tertiary/aromatic N) is 3. The molecule has 0 aliphatic heterocycles. The largest absolute Gasteiger partial charge is 0.352 e. The Bertz CT molecular complexity index is 1480. The molecule has 0 aromatic heterocycles. The van der Waals surface area contributed by atoms with Gasteiger partial charge in [0.2, 0.25) is 11.8 Å². The maximum atomic E-state index is 13.9. The SMILES string of the molecule is CC(C)NC(=O)C(C)N(Cc1c(Cl)cccc1Cl)C(=O)CN(c1cccc([N+](=O)[O-])c1)S(=O)(=O)c1ccccc1. The van der Waals surface area contributed by atoms with Gasteiger partial charge in [-0.3, -0.25) is 24.0 Å². The number of nitro benzene ring substituents is 1. The first-order chi connectivity index (χ1) is 18.8. The van der Waals surface area contributed by atoms with Crippen molar-refractivity contribution < 1.29 is 22.9 Å². The van der Waals surface area contributed by atoms with Crippen LogP contribution >= 0.6 is 23.2 Å². The maximum absolute atomic E-state index is 13.9. The van der Waals surface area contributed by atoms with E-state index in [2.05, 4.69) is 5.32 Å². The summed E-state index contributed by atoms with van der Waals surface area (Å²) < 4.78 is 28.3. The highest BCUT2D eigenvalue weighted by molar-refractivity contribution is 7.92. The Balaban J connectivity index is 2.10. The fourth-order valence-corrected chi connectivity index (χ4v) is 5.80. The van der Waals surface area contributed by atoms with Gasteiger partial charge < -0.3 is 10.2 Å². The lowest BCUT2D eigenvalue weighted by molar-refractivity contribution is -0.384. The number of halogens is 2. The minimum Gasteiger partial charge on any atom is -0.352 e. The third kappa shape index (κ3) is 7.29. The highest BCUT2D eigenvalue weighted by Crippen LogP contribution is 2.29. The highest BCUT2D eigenvalue weighted by Gasteiger charge is 2.33. The van der Waals surface area contributed by atoms with Crippen molar-refractivity contribution in [3.8, 4) is 0 Å². The van der Waals surface area contributed by atoms with Gasteiger partial charge in [-0.25, -0.2) is 8.42 Å². The van der Waals surface area contributed by atoms with Crippen LogP contribution in [0.1, 0.15) is 26.3 Å². The van der Waals surface area contributed by atoms with Crippen LogP contribution in [0.4, 0.5) is 11.4 Å². The Morgan fingerprint density at radius 2 is 1.55 bits per heavy atom. The van der Waals surface area contributed by atoms with Gasteiger partial charge >= 0.3 is 0 Å². The van der Waals surface area contributed by atoms with Crippen LogP contribution in [0.3, 0.4) is 0 Å². The van der Waals surface area contributed by atoms with Gasteiger partial charge in [-0.2, -0.15) is 0 Å². The number of rotatable bonds is 11. The van der Waals surface area contributed by atoms with E-state index >= 15 is 0 Å². The summed E-state index contributed by atoms with van der Waals surface area (Å²) in [5.74, 6) is -1.23. The summed E-state index contributed by atoms with van der Waals surface area (Å²) in [7, 11) is -4.37. The molecule has 0 aliphatic rings. The van der Waals surface area contributed by atoms with Gasteiger partial charge in [-0.1, -0.05) is 53.5 Å². The number of benzene rings is 3. The van der Waals surface area contributed by atoms with E-state index in [4.69, 9.17) is 23.2 Å². The number of carbonyl (C=O) groups excluding carboxylic acids is 2. The zero-order valence-corrected chi connectivity index (χ0v) is 24.3. The Hall–Kier alpha value is -3.67. The molecule has 3 rings (SSSR count). The number of nitro groups is 1. The lowest BCUT2D eigenvalue weighted by Gasteiger charge is -2.32. The maximum Gasteiger partial charge on any atom is 0.271 e. The van der Waals surface area contributed by atoms with Crippen molar-refractivity contribution >= 4 is 56.4 Å². The van der Waals surface area contributed by atoms with Gasteiger partial charge in [-0.05, 0) is 51.1 Å². The summed E-state index contributed by atoms with van der Waals surface area (Å²) in [5, 5.41) is 14.7. The van der Waals surface area contributed by atoms with E-state index in [0.29, 0.717) is 5.56 Å². The number of anilines is 1. The molecule has 1 atom stereocenters. The Kier molecular flexibility index (Phi) is 10.1. The number of carbonyl (C=O) groups is 2. The van der Waals surface area contributed by atoms with Crippen LogP contribution in [-0.4, -0.2) is 48.7 Å². The van der Waals surface area contributed by atoms with Crippen molar-refractivity contribution in [3.05, 3.63) is 98.5 Å². The van der Waals surface area contributed by atoms with E-state index in [1.165, 1.54) is 54.3 Å². The molecule has 2 amide bonds. The summed E-state index contributed by atoms with van der Waals surface area (Å²) in [6.07, 6.45) is 0. The zero-order valence-electron chi connectivity index (χ0n) is 22.0. The van der Waals surface area contributed by atoms with Crippen molar-refractivity contribution in [1.29, 1.82) is 0 Å². The number of amides is 2. The first-order valence-electron chi connectivity index (χ1n) is 12.2. The lowest BCUT2D eigenvalue weighted by Crippen LogP contribution is -2.52. The molecule has 0 saturated heterocycles. The van der Waals surface area contributed by atoms with Crippen molar-refractivity contribution in [1.82, 2.24) is 10.2 Å². The van der Waals surface area contributed by atoms with Gasteiger partial charge in [0.1, 0.15) is 12.6 Å². The number of hydrogen-bond donors (Lipinski definition) is 1. The third-order valence-electron chi connectivity index (χ3n) is 5.93. The predicted octanol–water partition coefficient (Wildman–Crippen LogP) is 5.04. The molecule has 3 aromatic carbocycles. The Morgan fingerprint density at radius 3 is 2.12 bits per heavy atom. The van der Waals surface area contributed by atoms with E-state index < -0.39 is 39.3 Å². The van der Waals surface area contributed by atoms with Crippen LogP contribution in [0.5, 0.6) is 0 Å². The molecule has 0 saturated carbocycles. The smallest absolute Gasteiger partial charge is 0.271 e. The molecule has 0 heterocycles. The Morgan fingerprint density at radius 1 is 0.950 bits per heavy atom. The summed E-state index contributed by atoms with van der Waals surface area (Å²) in [4.78, 5) is 38.7. The van der Waals surface area contributed by atoms with Crippen molar-refractivity contribution in [2.24, 2.45) is 0 Å². The van der Waals surface area contributed by atoms with Gasteiger partial charge in [0.05, 0.1) is 15.5 Å². The second-order valence-electron chi connectivity index (χ2n) is 9.16. The molecule has 1 N–H and O–H groups in total. The van der Waals surface area contributed by atoms with Gasteiger partial charge in [-0.15, -0.1) is 0 Å². The molecule has 0 spiro atoms. The van der Waals surface area contributed by atoms with Crippen LogP contribution < -0.4 is 9.62 Å². The monoisotopic (exact) mass is 606 g/mol. The highest BCUT2D eigenvalue weighted by atomic mass is 35.5. The fraction of sp³-hybridized carbons (Fsp3) is 0.259. The summed E-state index contributed by atoms with van der Waals surface area (Å²) in [6.45, 7) is 4.07. The molecule has 0 bridgehead atoms. The van der Waals surface area contributed by atoms with Crippen molar-refractivity contribution in [3.63, 3.8) is 0 Å². The summed E-state index contributed by atoms with van der Waals surface area (Å²) in [6, 6.07) is 15.8. The summed E-state index contributed by atoms with van der Waals surface area (Å²) >= 11 is 12.7. The van der Waals surface area contributed by atoms with Gasteiger partial charge in [0.25, 0.3) is 15.7 Å². The molecule has 40 heavy (non-hydrogen) atoms. The number of sulfonamides is 1. The first kappa shape index (κ1) is 30.9. The average molecular weight is 608 g/mol. The minimum atomic E-state index is -4.37. The van der Waals surface area contributed by atoms with Crippen LogP contribution in [0.25, 0.3) is 0 Å². The fourth-order valence-electron chi connectivity index (χ4n) is 3.85. The van der Waals surface area contributed by atoms with E-state index in [0.717, 1.165) is 10.4 Å². The van der Waals surface area contributed by atoms with Crippen molar-refractivity contribution in [2.45, 2.75) is 44.3 Å². The standard InChI is InChI=1S/C27H28Cl2N4O6S/c1-18(2)30-27(35)19(3)31(16-23-24(28)13-8-14-25(23)29)26(34)17-32(20-9-7-10-21(15-20)33(36)37)40(38,39)22-11-5-4-6-12-22/h4-15,18-19H,16-17H2,1-3H3,(H,30,35). The van der Waals surface area contributed by atoms with Crippen LogP contribution in [-0.2, 0) is 26.2 Å². The Labute approximate surface area is 242 Å². The number of hydrogen-bond acceptors (Lipinski definition) is 6. The first-order valence-corrected chi connectivity index (χ1v) is 14.4. The van der Waals surface area contributed by atoms with Crippen LogP contribution in [0.2, 0.25) is 10.0 Å². The minimum absolute atomic E-state index is 0.0959. The van der Waals surface area contributed by atoms with Crippen molar-refractivity contribution in [2.75, 3.05) is 10.8 Å². The van der Waals surface area contributed by atoms with E-state index in [9.17, 15) is 28.1 Å². The average Bonchev–Trinajstić information content (AvgIpc) is 2.91. The molecule has 10 nitrogen and oxygen atoms in total. The molecular weight excluding hydrogens is 579 g/mol. The van der Waals surface area contributed by atoms with Gasteiger partial charge in [0, 0.05) is 40.3 Å². The topological polar surface area (TPSA) is 130 Å². The molecule has 0 fully saturated rings. The molecule has 1 unspecified atom stereocenters. The molecular formula is C27H28Cl2N4O6S. The van der Waals surface area contributed by atoms with E-state index in [-0.39, 0.29) is 38.9 Å². The number of non-ortho nitro benzene ring substituents is 1. The van der Waals surface area contributed by atoms with Crippen LogP contribution in [0.15, 0.2) is 77.7 Å². The second kappa shape index (κ2) is 13.1. The third-order valence-corrected chi connectivity index (χ3v) is 8.42. The van der Waals surface area contributed by atoms with Gasteiger partial charge in [0.15, 0.2) is 0 Å². The van der Waals surface area contributed by atoms with E-state index in [1.807, 2.05) is 0 Å². The molecule has 13 heteroatoms. The predicted molar refractivity (Wildman–Crippen MR) is 154 cm³/mol. The van der Waals surface area contributed by atoms with E-state index in [1.54, 1.807) is 38.1 Å². The molecule has 0 aliphatic carbocycles. The molecule has 3 aromatic rings. The normalized spacial score (nSPS) is 12.1.